The zero-order valence-electron chi connectivity index (χ0n) is 16.8. The summed E-state index contributed by atoms with van der Waals surface area (Å²) in [4.78, 5) is 27.9. The first-order valence-electron chi connectivity index (χ1n) is 8.74. The van der Waals surface area contributed by atoms with Crippen LogP contribution in [0.5, 0.6) is 0 Å². The van der Waals surface area contributed by atoms with Gasteiger partial charge >= 0.3 is 0 Å². The number of rotatable bonds is 5. The minimum Gasteiger partial charge on any atom is -0.251 e. The van der Waals surface area contributed by atoms with Crippen LogP contribution in [0.25, 0.3) is 0 Å². The molecule has 0 radical (unpaired) electrons. The van der Waals surface area contributed by atoms with Gasteiger partial charge in [-0.3, -0.25) is 5.26 Å². The van der Waals surface area contributed by atoms with E-state index in [0.29, 0.717) is 12.8 Å². The van der Waals surface area contributed by atoms with Crippen molar-refractivity contribution < 1.29 is 29.7 Å². The van der Waals surface area contributed by atoms with Crippen LogP contribution in [-0.4, -0.2) is 27.8 Å². The fourth-order valence-corrected chi connectivity index (χ4v) is 2.94. The molecule has 0 spiro atoms. The molecule has 0 amide bonds. The van der Waals surface area contributed by atoms with E-state index in [1.807, 2.05) is 62.3 Å². The normalized spacial score (nSPS) is 25.8. The Labute approximate surface area is 146 Å². The molecule has 1 N–H and O–H groups in total. The van der Waals surface area contributed by atoms with Crippen molar-refractivity contribution in [3.63, 3.8) is 0 Å². The van der Waals surface area contributed by atoms with E-state index in [9.17, 15) is 5.26 Å². The molecule has 0 heterocycles. The number of hydrogen-bond donors (Lipinski definition) is 1. The molecule has 1 aliphatic carbocycles. The lowest BCUT2D eigenvalue weighted by molar-refractivity contribution is -0.596. The average molecular weight is 348 g/mol. The Morgan fingerprint density at radius 1 is 0.708 bits per heavy atom. The third-order valence-electron chi connectivity index (χ3n) is 4.12. The van der Waals surface area contributed by atoms with Crippen molar-refractivity contribution in [2.24, 2.45) is 5.41 Å². The van der Waals surface area contributed by atoms with Crippen LogP contribution in [0.15, 0.2) is 0 Å². The maximum atomic E-state index is 9.90. The fourth-order valence-electron chi connectivity index (χ4n) is 2.94. The van der Waals surface area contributed by atoms with Crippen LogP contribution in [0.2, 0.25) is 0 Å². The van der Waals surface area contributed by atoms with Gasteiger partial charge in [-0.2, -0.15) is 9.78 Å². The van der Waals surface area contributed by atoms with Crippen LogP contribution in [0.4, 0.5) is 0 Å². The van der Waals surface area contributed by atoms with Gasteiger partial charge in [-0.15, -0.1) is 0 Å². The van der Waals surface area contributed by atoms with Crippen LogP contribution in [0, 0.1) is 5.41 Å². The summed E-state index contributed by atoms with van der Waals surface area (Å²) in [6.07, 6.45) is 2.78. The maximum Gasteiger partial charge on any atom is 0.266 e. The second kappa shape index (κ2) is 7.17. The van der Waals surface area contributed by atoms with Crippen LogP contribution in [0.1, 0.15) is 88.0 Å². The summed E-state index contributed by atoms with van der Waals surface area (Å²) in [6, 6.07) is 0. The maximum absolute atomic E-state index is 9.90. The van der Waals surface area contributed by atoms with Gasteiger partial charge in [0.15, 0.2) is 5.60 Å². The van der Waals surface area contributed by atoms with Gasteiger partial charge in [-0.05, 0) is 66.2 Å². The van der Waals surface area contributed by atoms with Crippen molar-refractivity contribution in [1.82, 2.24) is 0 Å². The number of hydrogen-bond acceptors (Lipinski definition) is 6. The molecule has 0 aliphatic heterocycles. The molecule has 1 unspecified atom stereocenters. The molecular formula is C18H36O6. The molecule has 1 atom stereocenters. The Kier molecular flexibility index (Phi) is 6.52. The van der Waals surface area contributed by atoms with Gasteiger partial charge in [0.1, 0.15) is 0 Å². The van der Waals surface area contributed by atoms with E-state index in [4.69, 9.17) is 24.4 Å². The smallest absolute Gasteiger partial charge is 0.251 e. The molecule has 1 rings (SSSR count). The van der Waals surface area contributed by atoms with E-state index < -0.39 is 28.0 Å². The molecular weight excluding hydrogens is 312 g/mol. The molecule has 0 bridgehead atoms. The Morgan fingerprint density at radius 3 is 1.46 bits per heavy atom. The molecule has 1 aliphatic rings. The van der Waals surface area contributed by atoms with E-state index in [2.05, 4.69) is 0 Å². The molecule has 0 saturated heterocycles. The van der Waals surface area contributed by atoms with Gasteiger partial charge in [-0.1, -0.05) is 20.8 Å². The monoisotopic (exact) mass is 348 g/mol. The molecule has 1 fully saturated rings. The topological polar surface area (TPSA) is 66.4 Å². The first kappa shape index (κ1) is 21.8. The van der Waals surface area contributed by atoms with Gasteiger partial charge in [0.25, 0.3) is 5.79 Å². The highest BCUT2D eigenvalue weighted by Gasteiger charge is 2.66. The minimum atomic E-state index is -1.38. The first-order chi connectivity index (χ1) is 10.7. The van der Waals surface area contributed by atoms with Crippen molar-refractivity contribution in [2.45, 2.75) is 111 Å². The summed E-state index contributed by atoms with van der Waals surface area (Å²) in [5, 5.41) is 9.90. The van der Waals surface area contributed by atoms with E-state index in [1.165, 1.54) is 0 Å². The molecule has 144 valence electrons. The Hall–Kier alpha value is -0.240. The molecule has 6 heteroatoms. The summed E-state index contributed by atoms with van der Waals surface area (Å²) < 4.78 is 0. The highest BCUT2D eigenvalue weighted by atomic mass is 17.3. The van der Waals surface area contributed by atoms with E-state index in [0.717, 1.165) is 12.8 Å². The Bertz CT molecular complexity index is 383. The predicted molar refractivity (Wildman–Crippen MR) is 90.9 cm³/mol. The Balaban J connectivity index is 3.28. The molecule has 6 nitrogen and oxygen atoms in total. The minimum absolute atomic E-state index is 0.481. The van der Waals surface area contributed by atoms with Gasteiger partial charge in [0.05, 0.1) is 11.2 Å². The van der Waals surface area contributed by atoms with Crippen molar-refractivity contribution in [2.75, 3.05) is 0 Å². The lowest BCUT2D eigenvalue weighted by Gasteiger charge is -2.54. The van der Waals surface area contributed by atoms with Gasteiger partial charge in [0, 0.05) is 6.42 Å². The molecule has 0 aromatic heterocycles. The zero-order chi connectivity index (χ0) is 18.9. The van der Waals surface area contributed by atoms with E-state index in [-0.39, 0.29) is 0 Å². The Morgan fingerprint density at radius 2 is 1.12 bits per heavy atom. The van der Waals surface area contributed by atoms with Gasteiger partial charge < -0.3 is 0 Å². The highest BCUT2D eigenvalue weighted by Crippen LogP contribution is 2.53. The quantitative estimate of drug-likeness (QED) is 0.427. The van der Waals surface area contributed by atoms with Crippen molar-refractivity contribution in [1.29, 1.82) is 0 Å². The zero-order valence-corrected chi connectivity index (χ0v) is 16.8. The van der Waals surface area contributed by atoms with Crippen LogP contribution < -0.4 is 0 Å². The summed E-state index contributed by atoms with van der Waals surface area (Å²) in [5.41, 5.74) is -2.71. The molecule has 1 saturated carbocycles. The largest absolute Gasteiger partial charge is 0.266 e. The second-order valence-corrected chi connectivity index (χ2v) is 9.69. The van der Waals surface area contributed by atoms with Gasteiger partial charge in [-0.25, -0.2) is 14.7 Å². The first-order valence-corrected chi connectivity index (χ1v) is 8.74. The highest BCUT2D eigenvalue weighted by molar-refractivity contribution is 5.05. The molecule has 0 aromatic carbocycles. The van der Waals surface area contributed by atoms with Crippen molar-refractivity contribution in [3.8, 4) is 0 Å². The standard InChI is InChI=1S/C18H36O6/c1-14(2,3)17(20-19)12-10-11-13-18(17,23-21-15(4,5)6)24-22-16(7,8)9/h19H,10-13H2,1-9H3. The molecule has 24 heavy (non-hydrogen) atoms. The lowest BCUT2D eigenvalue weighted by Crippen LogP contribution is -2.67. The lowest BCUT2D eigenvalue weighted by atomic mass is 9.64. The summed E-state index contributed by atoms with van der Waals surface area (Å²) >= 11 is 0. The van der Waals surface area contributed by atoms with Crippen LogP contribution in [0.3, 0.4) is 0 Å². The fraction of sp³-hybridized carbons (Fsp3) is 1.00. The predicted octanol–water partition coefficient (Wildman–Crippen LogP) is 5.02. The van der Waals surface area contributed by atoms with E-state index >= 15 is 0 Å². The van der Waals surface area contributed by atoms with E-state index in [1.54, 1.807) is 0 Å². The SMILES string of the molecule is CC(C)(C)OOC1(OOC(C)(C)C)CCCCC1(OO)C(C)(C)C. The van der Waals surface area contributed by atoms with Crippen molar-refractivity contribution in [3.05, 3.63) is 0 Å². The van der Waals surface area contributed by atoms with Gasteiger partial charge in [0.2, 0.25) is 0 Å². The summed E-state index contributed by atoms with van der Waals surface area (Å²) in [6.45, 7) is 17.2. The van der Waals surface area contributed by atoms with Crippen LogP contribution in [-0.2, 0) is 24.4 Å². The summed E-state index contributed by atoms with van der Waals surface area (Å²) in [7, 11) is 0. The average Bonchev–Trinajstić information content (AvgIpc) is 2.40. The summed E-state index contributed by atoms with van der Waals surface area (Å²) in [5.74, 6) is -1.38. The third kappa shape index (κ3) is 4.90. The van der Waals surface area contributed by atoms with Crippen molar-refractivity contribution >= 4 is 0 Å². The second-order valence-electron chi connectivity index (χ2n) is 9.69. The third-order valence-corrected chi connectivity index (χ3v) is 4.12. The molecule has 0 aromatic rings. The van der Waals surface area contributed by atoms with Crippen LogP contribution >= 0.6 is 0 Å².